The van der Waals surface area contributed by atoms with Crippen molar-refractivity contribution in [1.29, 1.82) is 0 Å². The van der Waals surface area contributed by atoms with Gasteiger partial charge in [-0.25, -0.2) is 0 Å². The van der Waals surface area contributed by atoms with Gasteiger partial charge in [-0.15, -0.1) is 0 Å². The molecule has 1 aromatic heterocycles. The lowest BCUT2D eigenvalue weighted by atomic mass is 9.75. The molecule has 2 fully saturated rings. The highest BCUT2D eigenvalue weighted by atomic mass is 32.1. The van der Waals surface area contributed by atoms with Crippen LogP contribution in [0.3, 0.4) is 0 Å². The van der Waals surface area contributed by atoms with E-state index in [4.69, 9.17) is 26.4 Å². The Hall–Kier alpha value is -3.44. The van der Waals surface area contributed by atoms with Crippen LogP contribution in [-0.4, -0.2) is 91.3 Å². The molecule has 0 N–H and O–H groups in total. The molecule has 10 nitrogen and oxygen atoms in total. The number of amides is 2. The zero-order valence-electron chi connectivity index (χ0n) is 22.9. The number of nitrogens with zero attached hydrogens (tertiary/aromatic N) is 4. The molecule has 2 saturated heterocycles. The van der Waals surface area contributed by atoms with Crippen LogP contribution in [0.2, 0.25) is 0 Å². The summed E-state index contributed by atoms with van der Waals surface area (Å²) in [5, 5.41) is 0.175. The van der Waals surface area contributed by atoms with Crippen LogP contribution in [-0.2, 0) is 22.6 Å². The van der Waals surface area contributed by atoms with Gasteiger partial charge < -0.3 is 23.7 Å². The minimum Gasteiger partial charge on any atom is -0.493 e. The van der Waals surface area contributed by atoms with E-state index in [0.29, 0.717) is 42.4 Å². The zero-order chi connectivity index (χ0) is 28.1. The van der Waals surface area contributed by atoms with Gasteiger partial charge in [0.2, 0.25) is 17.6 Å². The first-order chi connectivity index (χ1) is 18.6. The number of thiocarbonyl (C=S) groups is 1. The van der Waals surface area contributed by atoms with Crippen LogP contribution in [0.15, 0.2) is 35.1 Å². The second-order valence-electron chi connectivity index (χ2n) is 10.7. The number of hydrogen-bond donors (Lipinski definition) is 0. The number of ether oxygens (including phenoxy) is 3. The lowest BCUT2D eigenvalue weighted by Crippen LogP contribution is -2.67. The SMILES string of the molecule is COc1cc(CC2(CN3C[C@H]4C[C@@H](C3)c3cccc(=O)n3C4)C(=O)N(C)C(=S)N(C)C2=O)cc(OC)c1OC. The van der Waals surface area contributed by atoms with Crippen LogP contribution in [0.4, 0.5) is 0 Å². The molecule has 0 saturated carbocycles. The van der Waals surface area contributed by atoms with Crippen molar-refractivity contribution in [2.75, 3.05) is 55.1 Å². The molecular weight excluding hydrogens is 520 g/mol. The minimum absolute atomic E-state index is 0.0175. The average molecular weight is 555 g/mol. The molecule has 3 aliphatic heterocycles. The maximum atomic E-state index is 14.0. The summed E-state index contributed by atoms with van der Waals surface area (Å²) in [5.74, 6) is 1.06. The van der Waals surface area contributed by atoms with Crippen molar-refractivity contribution in [3.05, 3.63) is 51.9 Å². The summed E-state index contributed by atoms with van der Waals surface area (Å²) in [6.45, 7) is 2.19. The molecule has 2 atom stereocenters. The highest BCUT2D eigenvalue weighted by molar-refractivity contribution is 7.80. The van der Waals surface area contributed by atoms with Crippen molar-refractivity contribution in [3.63, 3.8) is 0 Å². The topological polar surface area (TPSA) is 93.6 Å². The van der Waals surface area contributed by atoms with E-state index in [2.05, 4.69) is 4.90 Å². The van der Waals surface area contributed by atoms with Gasteiger partial charge in [-0.2, -0.15) is 0 Å². The van der Waals surface area contributed by atoms with E-state index in [9.17, 15) is 14.4 Å². The molecule has 0 radical (unpaired) electrons. The number of piperidine rings is 1. The van der Waals surface area contributed by atoms with Gasteiger partial charge in [0.15, 0.2) is 16.6 Å². The number of rotatable bonds is 7. The first-order valence-corrected chi connectivity index (χ1v) is 13.4. The van der Waals surface area contributed by atoms with Crippen LogP contribution >= 0.6 is 12.2 Å². The van der Waals surface area contributed by atoms with Crippen molar-refractivity contribution in [2.45, 2.75) is 25.3 Å². The number of likely N-dealkylation sites (tertiary alicyclic amines) is 1. The Labute approximate surface area is 233 Å². The first kappa shape index (κ1) is 27.1. The summed E-state index contributed by atoms with van der Waals surface area (Å²) >= 11 is 5.42. The summed E-state index contributed by atoms with van der Waals surface area (Å²) < 4.78 is 18.4. The zero-order valence-corrected chi connectivity index (χ0v) is 23.7. The third-order valence-electron chi connectivity index (χ3n) is 8.28. The Morgan fingerprint density at radius 2 is 1.56 bits per heavy atom. The predicted octanol–water partition coefficient (Wildman–Crippen LogP) is 1.74. The average Bonchev–Trinajstić information content (AvgIpc) is 2.94. The van der Waals surface area contributed by atoms with E-state index in [1.165, 1.54) is 31.1 Å². The summed E-state index contributed by atoms with van der Waals surface area (Å²) in [6.07, 6.45) is 1.10. The molecule has 208 valence electrons. The third-order valence-corrected chi connectivity index (χ3v) is 8.83. The molecule has 0 aliphatic carbocycles. The Morgan fingerprint density at radius 3 is 2.15 bits per heavy atom. The molecule has 11 heteroatoms. The van der Waals surface area contributed by atoms with Crippen molar-refractivity contribution >= 4 is 29.1 Å². The van der Waals surface area contributed by atoms with Crippen LogP contribution in [0, 0.1) is 11.3 Å². The van der Waals surface area contributed by atoms with E-state index in [-0.39, 0.29) is 47.3 Å². The summed E-state index contributed by atoms with van der Waals surface area (Å²) in [4.78, 5) is 45.6. The molecule has 0 unspecified atom stereocenters. The smallest absolute Gasteiger partial charge is 0.250 e. The highest BCUT2D eigenvalue weighted by Gasteiger charge is 2.55. The van der Waals surface area contributed by atoms with Crippen LogP contribution in [0.1, 0.15) is 23.6 Å². The number of carbonyl (C=O) groups excluding carboxylic acids is 2. The van der Waals surface area contributed by atoms with Gasteiger partial charge in [0.05, 0.1) is 21.3 Å². The number of aromatic nitrogens is 1. The second-order valence-corrected chi connectivity index (χ2v) is 11.1. The second kappa shape index (κ2) is 10.3. The molecule has 2 bridgehead atoms. The molecule has 1 aromatic carbocycles. The molecule has 3 aliphatic rings. The van der Waals surface area contributed by atoms with E-state index in [1.54, 1.807) is 38.4 Å². The maximum absolute atomic E-state index is 14.0. The molecule has 0 spiro atoms. The largest absolute Gasteiger partial charge is 0.493 e. The monoisotopic (exact) mass is 554 g/mol. The fourth-order valence-electron chi connectivity index (χ4n) is 6.57. The van der Waals surface area contributed by atoms with Gasteiger partial charge in [0, 0.05) is 58.0 Å². The molecular formula is C28H34N4O6S. The third kappa shape index (κ3) is 4.47. The molecule has 4 heterocycles. The number of hydrogen-bond acceptors (Lipinski definition) is 8. The van der Waals surface area contributed by atoms with Crippen molar-refractivity contribution < 1.29 is 23.8 Å². The fourth-order valence-corrected chi connectivity index (χ4v) is 6.73. The normalized spacial score (nSPS) is 22.5. The fraction of sp³-hybridized carbons (Fsp3) is 0.500. The molecule has 39 heavy (non-hydrogen) atoms. The van der Waals surface area contributed by atoms with Gasteiger partial charge >= 0.3 is 0 Å². The Morgan fingerprint density at radius 1 is 0.923 bits per heavy atom. The Balaban J connectivity index is 1.54. The summed E-state index contributed by atoms with van der Waals surface area (Å²) in [6, 6.07) is 8.98. The first-order valence-electron chi connectivity index (χ1n) is 12.9. The van der Waals surface area contributed by atoms with E-state index in [0.717, 1.165) is 12.1 Å². The number of benzene rings is 1. The number of carbonyl (C=O) groups is 2. The number of pyridine rings is 1. The number of methoxy groups -OCH3 is 3. The molecule has 5 rings (SSSR count). The standard InChI is InChI=1S/C28H34N4O6S/c1-29-25(34)28(26(35)30(2)27(29)39,12-17-10-21(36-3)24(38-5)22(11-17)37-4)16-31-13-18-9-19(15-31)20-7-6-8-23(33)32(20)14-18/h6-8,10-11,18-19H,9,12-16H2,1-5H3/t18-,19+/m1/s1. The van der Waals surface area contributed by atoms with Crippen molar-refractivity contribution in [2.24, 2.45) is 11.3 Å². The quantitative estimate of drug-likeness (QED) is 0.378. The van der Waals surface area contributed by atoms with Gasteiger partial charge in [0.25, 0.3) is 5.56 Å². The lowest BCUT2D eigenvalue weighted by Gasteiger charge is -2.48. The minimum atomic E-state index is -1.42. The Kier molecular flexibility index (Phi) is 7.15. The summed E-state index contributed by atoms with van der Waals surface area (Å²) in [7, 11) is 7.82. The maximum Gasteiger partial charge on any atom is 0.250 e. The van der Waals surface area contributed by atoms with E-state index in [1.807, 2.05) is 10.6 Å². The van der Waals surface area contributed by atoms with Crippen LogP contribution in [0.5, 0.6) is 17.2 Å². The van der Waals surface area contributed by atoms with Gasteiger partial charge in [-0.3, -0.25) is 24.2 Å². The van der Waals surface area contributed by atoms with Crippen LogP contribution < -0.4 is 19.8 Å². The van der Waals surface area contributed by atoms with Gasteiger partial charge in [-0.05, 0) is 54.7 Å². The van der Waals surface area contributed by atoms with E-state index >= 15 is 0 Å². The summed E-state index contributed by atoms with van der Waals surface area (Å²) in [5.41, 5.74) is 0.316. The van der Waals surface area contributed by atoms with E-state index < -0.39 is 5.41 Å². The van der Waals surface area contributed by atoms with Crippen LogP contribution in [0.25, 0.3) is 0 Å². The predicted molar refractivity (Wildman–Crippen MR) is 148 cm³/mol. The Bertz CT molecular complexity index is 1340. The molecule has 2 aromatic rings. The highest BCUT2D eigenvalue weighted by Crippen LogP contribution is 2.43. The van der Waals surface area contributed by atoms with Gasteiger partial charge in [0.1, 0.15) is 5.41 Å². The number of fused-ring (bicyclic) bond motifs is 4. The van der Waals surface area contributed by atoms with Crippen molar-refractivity contribution in [1.82, 2.24) is 19.3 Å². The molecule has 2 amide bonds. The van der Waals surface area contributed by atoms with Gasteiger partial charge in [-0.1, -0.05) is 6.07 Å². The lowest BCUT2D eigenvalue weighted by molar-refractivity contribution is -0.157. The van der Waals surface area contributed by atoms with Crippen molar-refractivity contribution in [3.8, 4) is 17.2 Å².